The lowest BCUT2D eigenvalue weighted by molar-refractivity contribution is -0.143. The maximum Gasteiger partial charge on any atom is 0.304 e. The van der Waals surface area contributed by atoms with E-state index in [0.29, 0.717) is 5.41 Å². The lowest BCUT2D eigenvalue weighted by atomic mass is 9.38. The maximum atomic E-state index is 12.1. The number of carbonyl (C=O) groups is 2. The van der Waals surface area contributed by atoms with Crippen molar-refractivity contribution in [2.24, 2.45) is 50.7 Å². The van der Waals surface area contributed by atoms with Crippen molar-refractivity contribution in [3.63, 3.8) is 0 Å². The second-order valence-corrected chi connectivity index (χ2v) is 14.2. The number of aliphatic carboxylic acids is 1. The molecule has 4 rings (SSSR count). The van der Waals surface area contributed by atoms with Crippen molar-refractivity contribution in [2.45, 2.75) is 113 Å². The fraction of sp³-hybridized carbons (Fsp3) is 0.867. The zero-order chi connectivity index (χ0) is 24.6. The van der Waals surface area contributed by atoms with Crippen LogP contribution in [-0.4, -0.2) is 17.4 Å². The van der Waals surface area contributed by atoms with Crippen LogP contribution < -0.4 is 0 Å². The van der Waals surface area contributed by atoms with Gasteiger partial charge >= 0.3 is 5.97 Å². The molecule has 186 valence electrons. The Labute approximate surface area is 202 Å². The van der Waals surface area contributed by atoms with Gasteiger partial charge in [-0.3, -0.25) is 4.79 Å². The second kappa shape index (κ2) is 7.69. The lowest BCUT2D eigenvalue weighted by Gasteiger charge is -2.66. The standard InChI is InChI=1S/C30H48O3/c1-19(2)20-9-12-24-27(20,5)15-16-29(7)22-10-11-23(26(3,4)18-31)28(6,17-25(32)33)21(22)13-14-30(24,29)8/h18-20,23-24H,9-17H2,1-8H3,(H,32,33)/t20?,23-,24+,27+,28+,29+,30-/m0/s1. The summed E-state index contributed by atoms with van der Waals surface area (Å²) in [7, 11) is 0. The molecule has 0 aromatic rings. The van der Waals surface area contributed by atoms with Crippen LogP contribution >= 0.6 is 0 Å². The number of rotatable bonds is 5. The number of allylic oxidation sites excluding steroid dienone is 2. The Morgan fingerprint density at radius 2 is 1.70 bits per heavy atom. The van der Waals surface area contributed by atoms with E-state index in [4.69, 9.17) is 0 Å². The Morgan fingerprint density at radius 3 is 2.27 bits per heavy atom. The zero-order valence-corrected chi connectivity index (χ0v) is 22.5. The average molecular weight is 457 g/mol. The van der Waals surface area contributed by atoms with E-state index in [-0.39, 0.29) is 23.2 Å². The molecule has 0 saturated heterocycles. The minimum Gasteiger partial charge on any atom is -0.481 e. The first kappa shape index (κ1) is 25.0. The van der Waals surface area contributed by atoms with E-state index in [1.807, 2.05) is 13.8 Å². The predicted octanol–water partition coefficient (Wildman–Crippen LogP) is 7.69. The number of carboxylic acid groups (broad SMARTS) is 1. The summed E-state index contributed by atoms with van der Waals surface area (Å²) < 4.78 is 0. The number of aldehydes is 1. The van der Waals surface area contributed by atoms with Gasteiger partial charge in [-0.05, 0) is 91.3 Å². The molecule has 0 radical (unpaired) electrons. The van der Waals surface area contributed by atoms with Gasteiger partial charge in [0.1, 0.15) is 6.29 Å². The monoisotopic (exact) mass is 456 g/mol. The van der Waals surface area contributed by atoms with Gasteiger partial charge in [-0.25, -0.2) is 0 Å². The molecule has 2 fully saturated rings. The van der Waals surface area contributed by atoms with Crippen LogP contribution in [0.25, 0.3) is 0 Å². The number of hydrogen-bond donors (Lipinski definition) is 1. The molecule has 0 heterocycles. The lowest BCUT2D eigenvalue weighted by Crippen LogP contribution is -2.58. The van der Waals surface area contributed by atoms with E-state index in [9.17, 15) is 14.7 Å². The molecule has 4 aliphatic rings. The van der Waals surface area contributed by atoms with Crippen LogP contribution in [0, 0.1) is 50.7 Å². The first-order valence-electron chi connectivity index (χ1n) is 13.6. The molecule has 1 unspecified atom stereocenters. The van der Waals surface area contributed by atoms with Gasteiger partial charge in [-0.15, -0.1) is 0 Å². The molecule has 2 saturated carbocycles. The number of hydrogen-bond acceptors (Lipinski definition) is 2. The summed E-state index contributed by atoms with van der Waals surface area (Å²) in [5.74, 6) is 1.66. The highest BCUT2D eigenvalue weighted by Crippen LogP contribution is 2.75. The first-order valence-corrected chi connectivity index (χ1v) is 13.6. The normalized spacial score (nSPS) is 45.4. The summed E-state index contributed by atoms with van der Waals surface area (Å²) in [5, 5.41) is 9.95. The highest BCUT2D eigenvalue weighted by molar-refractivity contribution is 5.69. The Bertz CT molecular complexity index is 868. The van der Waals surface area contributed by atoms with Crippen molar-refractivity contribution in [3.05, 3.63) is 11.1 Å². The third-order valence-electron chi connectivity index (χ3n) is 12.2. The largest absolute Gasteiger partial charge is 0.481 e. The third kappa shape index (κ3) is 3.26. The Kier molecular flexibility index (Phi) is 5.82. The summed E-state index contributed by atoms with van der Waals surface area (Å²) >= 11 is 0. The van der Waals surface area contributed by atoms with Crippen molar-refractivity contribution in [2.75, 3.05) is 0 Å². The summed E-state index contributed by atoms with van der Waals surface area (Å²) in [6.45, 7) is 18.8. The molecular formula is C30H48O3. The van der Waals surface area contributed by atoms with Crippen molar-refractivity contribution >= 4 is 12.3 Å². The quantitative estimate of drug-likeness (QED) is 0.341. The zero-order valence-electron chi connectivity index (χ0n) is 22.5. The SMILES string of the molecule is CC(C)C1CC[C@H]2[C@]3(C)CCC4=C(CC[C@@H](C(C)(C)C=O)[C@]4(C)CC(=O)O)[C@@]3(C)CC[C@]12C. The van der Waals surface area contributed by atoms with E-state index in [0.717, 1.165) is 49.7 Å². The fourth-order valence-corrected chi connectivity index (χ4v) is 10.5. The van der Waals surface area contributed by atoms with Gasteiger partial charge in [-0.1, -0.05) is 66.5 Å². The van der Waals surface area contributed by atoms with Crippen molar-refractivity contribution in [1.82, 2.24) is 0 Å². The van der Waals surface area contributed by atoms with E-state index in [1.54, 1.807) is 5.57 Å². The van der Waals surface area contributed by atoms with Crippen LogP contribution in [0.5, 0.6) is 0 Å². The van der Waals surface area contributed by atoms with Gasteiger partial charge < -0.3 is 9.90 Å². The van der Waals surface area contributed by atoms with Gasteiger partial charge in [0.05, 0.1) is 6.42 Å². The van der Waals surface area contributed by atoms with Crippen LogP contribution in [0.2, 0.25) is 0 Å². The van der Waals surface area contributed by atoms with Gasteiger partial charge in [0.2, 0.25) is 0 Å². The van der Waals surface area contributed by atoms with E-state index >= 15 is 0 Å². The van der Waals surface area contributed by atoms with E-state index < -0.39 is 16.8 Å². The van der Waals surface area contributed by atoms with Crippen molar-refractivity contribution < 1.29 is 14.7 Å². The van der Waals surface area contributed by atoms with Crippen LogP contribution in [0.3, 0.4) is 0 Å². The third-order valence-corrected chi connectivity index (χ3v) is 12.2. The first-order chi connectivity index (χ1) is 15.2. The molecule has 0 amide bonds. The maximum absolute atomic E-state index is 12.1. The molecular weight excluding hydrogens is 408 g/mol. The number of fused-ring (bicyclic) bond motifs is 4. The van der Waals surface area contributed by atoms with Gasteiger partial charge in [0.25, 0.3) is 0 Å². The number of carbonyl (C=O) groups excluding carboxylic acids is 1. The molecule has 33 heavy (non-hydrogen) atoms. The topological polar surface area (TPSA) is 54.4 Å². The summed E-state index contributed by atoms with van der Waals surface area (Å²) in [6, 6.07) is 0. The average Bonchev–Trinajstić information content (AvgIpc) is 3.07. The molecule has 0 aliphatic heterocycles. The minimum atomic E-state index is -0.733. The molecule has 7 atom stereocenters. The molecule has 3 heteroatoms. The summed E-state index contributed by atoms with van der Waals surface area (Å²) in [6.07, 6.45) is 10.6. The minimum absolute atomic E-state index is 0.0796. The summed E-state index contributed by atoms with van der Waals surface area (Å²) in [5.41, 5.74) is 2.91. The van der Waals surface area contributed by atoms with E-state index in [1.165, 1.54) is 31.3 Å². The van der Waals surface area contributed by atoms with Crippen LogP contribution in [-0.2, 0) is 9.59 Å². The molecule has 4 aliphatic carbocycles. The van der Waals surface area contributed by atoms with E-state index in [2.05, 4.69) is 41.5 Å². The van der Waals surface area contributed by atoms with Crippen LogP contribution in [0.4, 0.5) is 0 Å². The van der Waals surface area contributed by atoms with Crippen molar-refractivity contribution in [1.29, 1.82) is 0 Å². The molecule has 0 aromatic carbocycles. The highest BCUT2D eigenvalue weighted by Gasteiger charge is 2.66. The fourth-order valence-electron chi connectivity index (χ4n) is 10.5. The Hall–Kier alpha value is -1.12. The number of carboxylic acids is 1. The van der Waals surface area contributed by atoms with Gasteiger partial charge in [0.15, 0.2) is 0 Å². The molecule has 0 aromatic heterocycles. The van der Waals surface area contributed by atoms with Gasteiger partial charge in [0, 0.05) is 10.8 Å². The summed E-state index contributed by atoms with van der Waals surface area (Å²) in [4.78, 5) is 24.2. The molecule has 0 bridgehead atoms. The molecule has 0 spiro atoms. The van der Waals surface area contributed by atoms with Gasteiger partial charge in [-0.2, -0.15) is 0 Å². The molecule has 3 nitrogen and oxygen atoms in total. The van der Waals surface area contributed by atoms with Crippen LogP contribution in [0.1, 0.15) is 113 Å². The Balaban J connectivity index is 1.82. The smallest absolute Gasteiger partial charge is 0.304 e. The second-order valence-electron chi connectivity index (χ2n) is 14.2. The Morgan fingerprint density at radius 1 is 1.03 bits per heavy atom. The van der Waals surface area contributed by atoms with Crippen molar-refractivity contribution in [3.8, 4) is 0 Å². The van der Waals surface area contributed by atoms with Crippen LogP contribution in [0.15, 0.2) is 11.1 Å². The highest BCUT2D eigenvalue weighted by atomic mass is 16.4. The molecule has 1 N–H and O–H groups in total. The predicted molar refractivity (Wildman–Crippen MR) is 134 cm³/mol.